The van der Waals surface area contributed by atoms with Gasteiger partial charge < -0.3 is 10.4 Å². The molecule has 0 saturated carbocycles. The first-order chi connectivity index (χ1) is 8.13. The molecule has 1 rings (SSSR count). The molecule has 17 heavy (non-hydrogen) atoms. The van der Waals surface area contributed by atoms with E-state index in [1.54, 1.807) is 6.08 Å². The largest absolute Gasteiger partial charge is 0.478 e. The summed E-state index contributed by atoms with van der Waals surface area (Å²) in [4.78, 5) is 10.7. The smallest absolute Gasteiger partial charge is 0.331 e. The average Bonchev–Trinajstić information content (AvgIpc) is 2.28. The van der Waals surface area contributed by atoms with Gasteiger partial charge in [0.2, 0.25) is 0 Å². The zero-order valence-electron chi connectivity index (χ0n) is 9.74. The molecule has 0 fully saturated rings. The van der Waals surface area contributed by atoms with Crippen molar-refractivity contribution in [2.45, 2.75) is 19.9 Å². The van der Waals surface area contributed by atoms with Crippen LogP contribution in [0, 0.1) is 0 Å². The van der Waals surface area contributed by atoms with Crippen LogP contribution in [0.2, 0.25) is 0 Å². The molecule has 0 radical (unpaired) electrons. The zero-order valence-corrected chi connectivity index (χ0v) is 11.3. The van der Waals surface area contributed by atoms with Crippen molar-refractivity contribution in [3.8, 4) is 0 Å². The molecule has 1 aromatic rings. The predicted octanol–water partition coefficient (Wildman–Crippen LogP) is 2.96. The fourth-order valence-corrected chi connectivity index (χ4v) is 1.89. The molecule has 2 N–H and O–H groups in total. The van der Waals surface area contributed by atoms with E-state index in [2.05, 4.69) is 21.2 Å². The van der Waals surface area contributed by atoms with E-state index in [0.29, 0.717) is 18.5 Å². The number of rotatable bonds is 6. The number of hydrogen-bond acceptors (Lipinski definition) is 2. The van der Waals surface area contributed by atoms with Crippen LogP contribution in [0.15, 0.2) is 40.4 Å². The number of aliphatic carboxylic acids is 1. The molecule has 4 heteroatoms. The summed E-state index contributed by atoms with van der Waals surface area (Å²) in [6.45, 7) is 3.14. The van der Waals surface area contributed by atoms with E-state index in [1.807, 2.05) is 31.2 Å². The Labute approximate surface area is 110 Å². The third-order valence-corrected chi connectivity index (χ3v) is 2.86. The minimum Gasteiger partial charge on any atom is -0.478 e. The maximum Gasteiger partial charge on any atom is 0.331 e. The van der Waals surface area contributed by atoms with Crippen LogP contribution in [0.3, 0.4) is 0 Å². The third-order valence-electron chi connectivity index (χ3n) is 2.37. The summed E-state index contributed by atoms with van der Waals surface area (Å²) < 4.78 is 1.05. The lowest BCUT2D eigenvalue weighted by atomic mass is 10.2. The number of carboxylic acids is 1. The molecule has 0 aliphatic heterocycles. The first kappa shape index (κ1) is 13.9. The molecular formula is C13H16BrNO2. The first-order valence-corrected chi connectivity index (χ1v) is 6.30. The summed E-state index contributed by atoms with van der Waals surface area (Å²) in [5.74, 6) is -0.836. The van der Waals surface area contributed by atoms with Crippen LogP contribution >= 0.6 is 15.9 Å². The van der Waals surface area contributed by atoms with Gasteiger partial charge in [0, 0.05) is 23.1 Å². The SMILES string of the molecule is CC/C(=C/CNCc1cccc(Br)c1)C(=O)O. The Hall–Kier alpha value is -1.13. The van der Waals surface area contributed by atoms with Crippen molar-refractivity contribution in [3.05, 3.63) is 46.0 Å². The van der Waals surface area contributed by atoms with Crippen LogP contribution in [0.25, 0.3) is 0 Å². The molecule has 0 amide bonds. The van der Waals surface area contributed by atoms with Gasteiger partial charge in [-0.15, -0.1) is 0 Å². The highest BCUT2D eigenvalue weighted by Gasteiger charge is 2.02. The fourth-order valence-electron chi connectivity index (χ4n) is 1.44. The number of carboxylic acid groups (broad SMARTS) is 1. The van der Waals surface area contributed by atoms with Crippen LogP contribution in [-0.2, 0) is 11.3 Å². The summed E-state index contributed by atoms with van der Waals surface area (Å²) in [7, 11) is 0. The summed E-state index contributed by atoms with van der Waals surface area (Å²) in [6, 6.07) is 8.02. The number of hydrogen-bond donors (Lipinski definition) is 2. The van der Waals surface area contributed by atoms with E-state index in [4.69, 9.17) is 5.11 Å². The summed E-state index contributed by atoms with van der Waals surface area (Å²) in [5.41, 5.74) is 1.62. The lowest BCUT2D eigenvalue weighted by Gasteiger charge is -2.03. The number of nitrogens with one attached hydrogen (secondary N) is 1. The van der Waals surface area contributed by atoms with Gasteiger partial charge in [-0.1, -0.05) is 41.1 Å². The Bertz CT molecular complexity index is 416. The Morgan fingerprint density at radius 1 is 1.53 bits per heavy atom. The fraction of sp³-hybridized carbons (Fsp3) is 0.308. The number of carbonyl (C=O) groups is 1. The molecule has 0 atom stereocenters. The van der Waals surface area contributed by atoms with Crippen molar-refractivity contribution in [2.75, 3.05) is 6.54 Å². The Balaban J connectivity index is 2.40. The Morgan fingerprint density at radius 2 is 2.29 bits per heavy atom. The van der Waals surface area contributed by atoms with Gasteiger partial charge in [0.15, 0.2) is 0 Å². The van der Waals surface area contributed by atoms with E-state index in [0.717, 1.165) is 11.0 Å². The topological polar surface area (TPSA) is 49.3 Å². The van der Waals surface area contributed by atoms with Crippen LogP contribution in [-0.4, -0.2) is 17.6 Å². The monoisotopic (exact) mass is 297 g/mol. The highest BCUT2D eigenvalue weighted by molar-refractivity contribution is 9.10. The van der Waals surface area contributed by atoms with Crippen molar-refractivity contribution >= 4 is 21.9 Å². The first-order valence-electron chi connectivity index (χ1n) is 5.51. The van der Waals surface area contributed by atoms with Crippen LogP contribution in [0.5, 0.6) is 0 Å². The second-order valence-electron chi connectivity index (χ2n) is 3.65. The van der Waals surface area contributed by atoms with E-state index in [9.17, 15) is 4.79 Å². The Kier molecular flexibility index (Phi) is 5.94. The van der Waals surface area contributed by atoms with Crippen LogP contribution in [0.1, 0.15) is 18.9 Å². The van der Waals surface area contributed by atoms with Gasteiger partial charge in [-0.3, -0.25) is 0 Å². The number of halogens is 1. The van der Waals surface area contributed by atoms with Gasteiger partial charge in [-0.05, 0) is 24.1 Å². The normalized spacial score (nSPS) is 11.5. The molecule has 0 unspecified atom stereocenters. The molecule has 0 aliphatic carbocycles. The summed E-state index contributed by atoms with van der Waals surface area (Å²) in [5, 5.41) is 12.0. The van der Waals surface area contributed by atoms with Gasteiger partial charge in [0.05, 0.1) is 0 Å². The summed E-state index contributed by atoms with van der Waals surface area (Å²) in [6.07, 6.45) is 2.27. The van der Waals surface area contributed by atoms with Crippen molar-refractivity contribution in [3.63, 3.8) is 0 Å². The van der Waals surface area contributed by atoms with Crippen molar-refractivity contribution in [1.82, 2.24) is 5.32 Å². The zero-order chi connectivity index (χ0) is 12.7. The van der Waals surface area contributed by atoms with Crippen molar-refractivity contribution in [2.24, 2.45) is 0 Å². The van der Waals surface area contributed by atoms with Crippen LogP contribution in [0.4, 0.5) is 0 Å². The molecule has 0 spiro atoms. The highest BCUT2D eigenvalue weighted by atomic mass is 79.9. The highest BCUT2D eigenvalue weighted by Crippen LogP contribution is 2.11. The quantitative estimate of drug-likeness (QED) is 0.627. The second kappa shape index (κ2) is 7.25. The molecule has 0 aliphatic rings. The summed E-state index contributed by atoms with van der Waals surface area (Å²) >= 11 is 3.41. The van der Waals surface area contributed by atoms with Crippen molar-refractivity contribution < 1.29 is 9.90 Å². The van der Waals surface area contributed by atoms with Gasteiger partial charge in [-0.2, -0.15) is 0 Å². The average molecular weight is 298 g/mol. The molecule has 92 valence electrons. The van der Waals surface area contributed by atoms with E-state index < -0.39 is 5.97 Å². The van der Waals surface area contributed by atoms with Crippen LogP contribution < -0.4 is 5.32 Å². The lowest BCUT2D eigenvalue weighted by Crippen LogP contribution is -2.14. The van der Waals surface area contributed by atoms with Crippen molar-refractivity contribution in [1.29, 1.82) is 0 Å². The molecule has 0 aromatic heterocycles. The Morgan fingerprint density at radius 3 is 2.88 bits per heavy atom. The third kappa shape index (κ3) is 5.15. The lowest BCUT2D eigenvalue weighted by molar-refractivity contribution is -0.132. The van der Waals surface area contributed by atoms with Gasteiger partial charge in [-0.25, -0.2) is 4.79 Å². The maximum atomic E-state index is 10.7. The molecular weight excluding hydrogens is 282 g/mol. The standard InChI is InChI=1S/C13H16BrNO2/c1-2-11(13(16)17)6-7-15-9-10-4-3-5-12(14)8-10/h3-6,8,15H,2,7,9H2,1H3,(H,16,17)/b11-6-. The molecule has 0 saturated heterocycles. The van der Waals surface area contributed by atoms with Gasteiger partial charge in [0.1, 0.15) is 0 Å². The molecule has 0 bridgehead atoms. The van der Waals surface area contributed by atoms with E-state index >= 15 is 0 Å². The minimum absolute atomic E-state index is 0.451. The van der Waals surface area contributed by atoms with E-state index in [-0.39, 0.29) is 0 Å². The second-order valence-corrected chi connectivity index (χ2v) is 4.56. The maximum absolute atomic E-state index is 10.7. The predicted molar refractivity (Wildman–Crippen MR) is 71.9 cm³/mol. The molecule has 3 nitrogen and oxygen atoms in total. The minimum atomic E-state index is -0.836. The molecule has 1 aromatic carbocycles. The van der Waals surface area contributed by atoms with Gasteiger partial charge in [0.25, 0.3) is 0 Å². The number of benzene rings is 1. The molecule has 0 heterocycles. The van der Waals surface area contributed by atoms with Gasteiger partial charge >= 0.3 is 5.97 Å². The van der Waals surface area contributed by atoms with E-state index in [1.165, 1.54) is 5.56 Å².